The van der Waals surface area contributed by atoms with Crippen molar-refractivity contribution in [3.05, 3.63) is 53.1 Å². The van der Waals surface area contributed by atoms with Crippen molar-refractivity contribution in [3.63, 3.8) is 0 Å². The number of aryl methyl sites for hydroxylation is 1. The van der Waals surface area contributed by atoms with Crippen LogP contribution in [0, 0.1) is 0 Å². The minimum atomic E-state index is -0.114. The summed E-state index contributed by atoms with van der Waals surface area (Å²) in [6.45, 7) is 0. The molecule has 0 radical (unpaired) electrons. The Bertz CT molecular complexity index is 564. The molecule has 0 amide bonds. The number of nitrogens with zero attached hydrogens (tertiary/aromatic N) is 2. The van der Waals surface area contributed by atoms with Crippen molar-refractivity contribution >= 4 is 28.9 Å². The van der Waals surface area contributed by atoms with Gasteiger partial charge in [-0.2, -0.15) is 0 Å². The molecule has 0 bridgehead atoms. The van der Waals surface area contributed by atoms with E-state index in [4.69, 9.17) is 23.8 Å². The molecule has 19 heavy (non-hydrogen) atoms. The minimum absolute atomic E-state index is 0.114. The summed E-state index contributed by atoms with van der Waals surface area (Å²) in [4.78, 5) is 4.38. The number of halogens is 1. The number of rotatable bonds is 3. The molecule has 100 valence electrons. The molecule has 0 spiro atoms. The third-order valence-corrected chi connectivity index (χ3v) is 3.40. The molecule has 0 fully saturated rings. The maximum atomic E-state index is 5.93. The standard InChI is InChI=1S/C13H15ClN4S/c1-15-13(19)17-11(12-16-7-8-18(12)2)9-3-5-10(14)6-4-9/h3-8,11H,1-2H3,(H2,15,17,19)/t11-/m0/s1. The summed E-state index contributed by atoms with van der Waals surface area (Å²) < 4.78 is 1.96. The van der Waals surface area contributed by atoms with Crippen molar-refractivity contribution in [2.75, 3.05) is 7.05 Å². The van der Waals surface area contributed by atoms with E-state index in [0.717, 1.165) is 11.4 Å². The van der Waals surface area contributed by atoms with Crippen LogP contribution in [0.3, 0.4) is 0 Å². The molecular weight excluding hydrogens is 280 g/mol. The van der Waals surface area contributed by atoms with Crippen LogP contribution in [0.2, 0.25) is 5.02 Å². The first-order chi connectivity index (χ1) is 9.11. The predicted octanol–water partition coefficient (Wildman–Crippen LogP) is 2.26. The van der Waals surface area contributed by atoms with Gasteiger partial charge in [0.2, 0.25) is 0 Å². The Kier molecular flexibility index (Phi) is 4.39. The summed E-state index contributed by atoms with van der Waals surface area (Å²) in [5.74, 6) is 0.889. The number of imidazole rings is 1. The molecule has 2 aromatic rings. The third-order valence-electron chi connectivity index (χ3n) is 2.82. The van der Waals surface area contributed by atoms with Crippen LogP contribution in [0.25, 0.3) is 0 Å². The van der Waals surface area contributed by atoms with Crippen LogP contribution < -0.4 is 10.6 Å². The first-order valence-electron chi connectivity index (χ1n) is 5.82. The van der Waals surface area contributed by atoms with Gasteiger partial charge in [0.25, 0.3) is 0 Å². The molecule has 0 aliphatic heterocycles. The minimum Gasteiger partial charge on any atom is -0.366 e. The van der Waals surface area contributed by atoms with E-state index >= 15 is 0 Å². The van der Waals surface area contributed by atoms with Gasteiger partial charge in [0, 0.05) is 31.5 Å². The van der Waals surface area contributed by atoms with Crippen LogP contribution in [0.4, 0.5) is 0 Å². The molecule has 2 N–H and O–H groups in total. The van der Waals surface area contributed by atoms with Crippen molar-refractivity contribution in [2.24, 2.45) is 7.05 Å². The van der Waals surface area contributed by atoms with Crippen molar-refractivity contribution < 1.29 is 0 Å². The quantitative estimate of drug-likeness (QED) is 0.852. The van der Waals surface area contributed by atoms with Crippen LogP contribution in [-0.2, 0) is 7.05 Å². The summed E-state index contributed by atoms with van der Waals surface area (Å²) in [5, 5.41) is 7.43. The molecule has 1 heterocycles. The Morgan fingerprint density at radius 2 is 2.05 bits per heavy atom. The molecule has 0 saturated heterocycles. The summed E-state index contributed by atoms with van der Waals surface area (Å²) >= 11 is 11.1. The lowest BCUT2D eigenvalue weighted by Crippen LogP contribution is -2.37. The number of aromatic nitrogens is 2. The number of thiocarbonyl (C=S) groups is 1. The molecule has 6 heteroatoms. The zero-order valence-electron chi connectivity index (χ0n) is 10.7. The van der Waals surface area contributed by atoms with E-state index in [9.17, 15) is 0 Å². The first-order valence-corrected chi connectivity index (χ1v) is 6.61. The fraction of sp³-hybridized carbons (Fsp3) is 0.231. The Morgan fingerprint density at radius 1 is 1.37 bits per heavy atom. The van der Waals surface area contributed by atoms with Gasteiger partial charge in [0.05, 0.1) is 0 Å². The fourth-order valence-corrected chi connectivity index (χ4v) is 2.05. The van der Waals surface area contributed by atoms with Gasteiger partial charge in [-0.25, -0.2) is 4.98 Å². The summed E-state index contributed by atoms with van der Waals surface area (Å²) in [6.07, 6.45) is 3.67. The smallest absolute Gasteiger partial charge is 0.166 e. The lowest BCUT2D eigenvalue weighted by molar-refractivity contribution is 0.657. The van der Waals surface area contributed by atoms with E-state index in [-0.39, 0.29) is 6.04 Å². The number of nitrogens with one attached hydrogen (secondary N) is 2. The van der Waals surface area contributed by atoms with Gasteiger partial charge in [-0.05, 0) is 29.9 Å². The third kappa shape index (κ3) is 3.24. The number of benzene rings is 1. The second-order valence-electron chi connectivity index (χ2n) is 4.10. The molecule has 1 aromatic carbocycles. The van der Waals surface area contributed by atoms with Gasteiger partial charge in [0.1, 0.15) is 11.9 Å². The topological polar surface area (TPSA) is 41.9 Å². The van der Waals surface area contributed by atoms with E-state index in [1.807, 2.05) is 42.1 Å². The maximum absolute atomic E-state index is 5.93. The van der Waals surface area contributed by atoms with Gasteiger partial charge >= 0.3 is 0 Å². The Morgan fingerprint density at radius 3 is 2.58 bits per heavy atom. The van der Waals surface area contributed by atoms with E-state index < -0.39 is 0 Å². The van der Waals surface area contributed by atoms with Crippen molar-refractivity contribution in [2.45, 2.75) is 6.04 Å². The molecule has 2 rings (SSSR count). The lowest BCUT2D eigenvalue weighted by Gasteiger charge is -2.20. The highest BCUT2D eigenvalue weighted by atomic mass is 35.5. The normalized spacial score (nSPS) is 11.9. The molecule has 1 atom stereocenters. The number of hydrogen-bond acceptors (Lipinski definition) is 2. The molecule has 0 aliphatic carbocycles. The SMILES string of the molecule is CNC(=S)N[C@@H](c1ccc(Cl)cc1)c1nccn1C. The highest BCUT2D eigenvalue weighted by Crippen LogP contribution is 2.22. The molecule has 0 unspecified atom stereocenters. The average molecular weight is 295 g/mol. The summed E-state index contributed by atoms with van der Waals surface area (Å²) in [6, 6.07) is 7.53. The Hall–Kier alpha value is -1.59. The lowest BCUT2D eigenvalue weighted by atomic mass is 10.1. The zero-order chi connectivity index (χ0) is 13.8. The predicted molar refractivity (Wildman–Crippen MR) is 81.3 cm³/mol. The van der Waals surface area contributed by atoms with E-state index in [1.54, 1.807) is 13.2 Å². The van der Waals surface area contributed by atoms with Crippen molar-refractivity contribution in [1.29, 1.82) is 0 Å². The highest BCUT2D eigenvalue weighted by molar-refractivity contribution is 7.80. The number of hydrogen-bond donors (Lipinski definition) is 2. The van der Waals surface area contributed by atoms with Gasteiger partial charge in [0.15, 0.2) is 5.11 Å². The van der Waals surface area contributed by atoms with E-state index in [1.165, 1.54) is 0 Å². The molecule has 0 saturated carbocycles. The van der Waals surface area contributed by atoms with Crippen LogP contribution in [0.1, 0.15) is 17.4 Å². The van der Waals surface area contributed by atoms with Gasteiger partial charge in [-0.1, -0.05) is 23.7 Å². The van der Waals surface area contributed by atoms with Gasteiger partial charge < -0.3 is 15.2 Å². The van der Waals surface area contributed by atoms with Crippen LogP contribution in [0.15, 0.2) is 36.7 Å². The molecule has 1 aromatic heterocycles. The monoisotopic (exact) mass is 294 g/mol. The van der Waals surface area contributed by atoms with Crippen LogP contribution in [-0.4, -0.2) is 21.7 Å². The van der Waals surface area contributed by atoms with Gasteiger partial charge in [-0.3, -0.25) is 0 Å². The second kappa shape index (κ2) is 6.04. The van der Waals surface area contributed by atoms with Crippen LogP contribution >= 0.6 is 23.8 Å². The molecule has 4 nitrogen and oxygen atoms in total. The Balaban J connectivity index is 2.37. The van der Waals surface area contributed by atoms with E-state index in [0.29, 0.717) is 10.1 Å². The Labute approximate surface area is 122 Å². The maximum Gasteiger partial charge on any atom is 0.166 e. The summed E-state index contributed by atoms with van der Waals surface area (Å²) in [5.41, 5.74) is 1.05. The molecular formula is C13H15ClN4S. The largest absolute Gasteiger partial charge is 0.366 e. The zero-order valence-corrected chi connectivity index (χ0v) is 12.3. The first kappa shape index (κ1) is 13.8. The molecule has 0 aliphatic rings. The van der Waals surface area contributed by atoms with Gasteiger partial charge in [-0.15, -0.1) is 0 Å². The summed E-state index contributed by atoms with van der Waals surface area (Å²) in [7, 11) is 3.74. The van der Waals surface area contributed by atoms with Crippen LogP contribution in [0.5, 0.6) is 0 Å². The van der Waals surface area contributed by atoms with Crippen molar-refractivity contribution in [1.82, 2.24) is 20.2 Å². The second-order valence-corrected chi connectivity index (χ2v) is 4.95. The fourth-order valence-electron chi connectivity index (χ4n) is 1.81. The van der Waals surface area contributed by atoms with E-state index in [2.05, 4.69) is 15.6 Å². The highest BCUT2D eigenvalue weighted by Gasteiger charge is 2.18. The van der Waals surface area contributed by atoms with Crippen molar-refractivity contribution in [3.8, 4) is 0 Å². The average Bonchev–Trinajstić information content (AvgIpc) is 2.83.